The van der Waals surface area contributed by atoms with Gasteiger partial charge in [-0.05, 0) is 0 Å². The summed E-state index contributed by atoms with van der Waals surface area (Å²) < 4.78 is -2.21. The number of hydrogen-bond donors (Lipinski definition) is 2. The molecule has 6 heteroatoms. The van der Waals surface area contributed by atoms with E-state index in [9.17, 15) is 9.59 Å². The lowest BCUT2D eigenvalue weighted by molar-refractivity contribution is -0.139. The first kappa shape index (κ1) is 8.52. The van der Waals surface area contributed by atoms with Crippen LogP contribution in [0.1, 0.15) is 0 Å². The van der Waals surface area contributed by atoms with E-state index in [2.05, 4.69) is 0 Å². The van der Waals surface area contributed by atoms with Crippen LogP contribution in [0.2, 0.25) is 0 Å². The summed E-state index contributed by atoms with van der Waals surface area (Å²) in [5, 5.41) is 9.76. The van der Waals surface area contributed by atoms with Crippen molar-refractivity contribution in [3.63, 3.8) is 0 Å². The van der Waals surface area contributed by atoms with E-state index in [1.807, 2.05) is 0 Å². The highest BCUT2D eigenvalue weighted by molar-refractivity contribution is 6.57. The third-order valence-corrected chi connectivity index (χ3v) is 1.05. The van der Waals surface area contributed by atoms with Gasteiger partial charge in [0.1, 0.15) is 0 Å². The SMILES string of the molecule is O=CNC(Cl)(Cl)C(=O)O. The van der Waals surface area contributed by atoms with Crippen LogP contribution >= 0.6 is 23.2 Å². The average Bonchev–Trinajstić information content (AvgIpc) is 1.65. The van der Waals surface area contributed by atoms with Crippen LogP contribution in [-0.4, -0.2) is 21.9 Å². The zero-order valence-electron chi connectivity index (χ0n) is 4.10. The zero-order chi connectivity index (χ0) is 7.49. The minimum atomic E-state index is -2.21. The Morgan fingerprint density at radius 1 is 1.67 bits per heavy atom. The lowest BCUT2D eigenvalue weighted by Gasteiger charge is -2.10. The Bertz CT molecular complexity index is 135. The summed E-state index contributed by atoms with van der Waals surface area (Å²) in [6.45, 7) is 0. The van der Waals surface area contributed by atoms with Gasteiger partial charge in [0.05, 0.1) is 0 Å². The van der Waals surface area contributed by atoms with Gasteiger partial charge < -0.3 is 10.4 Å². The molecule has 0 radical (unpaired) electrons. The third-order valence-electron chi connectivity index (χ3n) is 0.509. The fourth-order valence-electron chi connectivity index (χ4n) is 0.136. The second-order valence-corrected chi connectivity index (χ2v) is 2.47. The van der Waals surface area contributed by atoms with Gasteiger partial charge >= 0.3 is 5.97 Å². The van der Waals surface area contributed by atoms with Gasteiger partial charge in [-0.15, -0.1) is 0 Å². The highest BCUT2D eigenvalue weighted by atomic mass is 35.5. The molecule has 9 heavy (non-hydrogen) atoms. The van der Waals surface area contributed by atoms with Crippen molar-refractivity contribution in [2.24, 2.45) is 0 Å². The van der Waals surface area contributed by atoms with Crippen LogP contribution in [0, 0.1) is 0 Å². The van der Waals surface area contributed by atoms with E-state index in [4.69, 9.17) is 28.3 Å². The van der Waals surface area contributed by atoms with Crippen LogP contribution in [0.5, 0.6) is 0 Å². The molecule has 0 rings (SSSR count). The Hall–Kier alpha value is -0.480. The zero-order valence-corrected chi connectivity index (χ0v) is 5.61. The molecule has 0 aliphatic carbocycles. The van der Waals surface area contributed by atoms with E-state index in [-0.39, 0.29) is 6.41 Å². The fraction of sp³-hybridized carbons (Fsp3) is 0.333. The van der Waals surface area contributed by atoms with Gasteiger partial charge in [0, 0.05) is 0 Å². The first-order valence-electron chi connectivity index (χ1n) is 1.83. The molecule has 1 amide bonds. The summed E-state index contributed by atoms with van der Waals surface area (Å²) in [6.07, 6.45) is 0.105. The number of nitrogens with one attached hydrogen (secondary N) is 1. The van der Waals surface area contributed by atoms with Crippen LogP contribution in [0.4, 0.5) is 0 Å². The van der Waals surface area contributed by atoms with Crippen LogP contribution in [0.25, 0.3) is 0 Å². The minimum absolute atomic E-state index is 0.105. The number of alkyl halides is 2. The number of hydrogen-bond acceptors (Lipinski definition) is 2. The van der Waals surface area contributed by atoms with Crippen LogP contribution in [0.3, 0.4) is 0 Å². The van der Waals surface area contributed by atoms with Crippen molar-refractivity contribution in [3.05, 3.63) is 0 Å². The molecule has 0 atom stereocenters. The molecule has 4 nitrogen and oxygen atoms in total. The van der Waals surface area contributed by atoms with Crippen molar-refractivity contribution in [3.8, 4) is 0 Å². The largest absolute Gasteiger partial charge is 0.478 e. The molecule has 0 spiro atoms. The van der Waals surface area contributed by atoms with E-state index >= 15 is 0 Å². The Kier molecular flexibility index (Phi) is 2.73. The number of aliphatic carboxylic acids is 1. The molecule has 0 bridgehead atoms. The molecule has 0 aliphatic rings. The molecule has 0 saturated carbocycles. The van der Waals surface area contributed by atoms with Crippen molar-refractivity contribution in [1.82, 2.24) is 5.32 Å². The number of halogens is 2. The van der Waals surface area contributed by atoms with Crippen molar-refractivity contribution in [2.45, 2.75) is 4.46 Å². The highest BCUT2D eigenvalue weighted by Gasteiger charge is 2.32. The van der Waals surface area contributed by atoms with Gasteiger partial charge in [-0.1, -0.05) is 23.2 Å². The number of carboxylic acid groups (broad SMARTS) is 1. The predicted molar refractivity (Wildman–Crippen MR) is 31.3 cm³/mol. The first-order chi connectivity index (χ1) is 4.00. The first-order valence-corrected chi connectivity index (χ1v) is 2.59. The van der Waals surface area contributed by atoms with Gasteiger partial charge in [0.25, 0.3) is 4.46 Å². The van der Waals surface area contributed by atoms with Crippen molar-refractivity contribution in [1.29, 1.82) is 0 Å². The molecule has 0 heterocycles. The topological polar surface area (TPSA) is 66.4 Å². The second kappa shape index (κ2) is 2.89. The van der Waals surface area contributed by atoms with E-state index in [1.165, 1.54) is 0 Å². The number of carbonyl (C=O) groups excluding carboxylic acids is 1. The van der Waals surface area contributed by atoms with Crippen molar-refractivity contribution in [2.75, 3.05) is 0 Å². The smallest absolute Gasteiger partial charge is 0.361 e. The molecule has 0 aromatic heterocycles. The summed E-state index contributed by atoms with van der Waals surface area (Å²) in [4.78, 5) is 19.5. The average molecular weight is 172 g/mol. The number of carbonyl (C=O) groups is 2. The Morgan fingerprint density at radius 2 is 2.11 bits per heavy atom. The number of rotatable bonds is 3. The number of amides is 1. The van der Waals surface area contributed by atoms with Crippen LogP contribution in [-0.2, 0) is 9.59 Å². The predicted octanol–water partition coefficient (Wildman–Crippen LogP) is -0.0516. The molecular formula is C3H3Cl2NO3. The van der Waals surface area contributed by atoms with E-state index in [0.717, 1.165) is 0 Å². The highest BCUT2D eigenvalue weighted by Crippen LogP contribution is 2.15. The molecule has 0 aromatic carbocycles. The van der Waals surface area contributed by atoms with Gasteiger partial charge in [-0.2, -0.15) is 0 Å². The Labute approximate surface area is 60.7 Å². The second-order valence-electron chi connectivity index (χ2n) is 1.14. The quantitative estimate of drug-likeness (QED) is 0.356. The summed E-state index contributed by atoms with van der Waals surface area (Å²) in [5.74, 6) is -1.52. The van der Waals surface area contributed by atoms with Gasteiger partial charge in [0.15, 0.2) is 0 Å². The van der Waals surface area contributed by atoms with E-state index in [1.54, 1.807) is 5.32 Å². The van der Waals surface area contributed by atoms with Gasteiger partial charge in [-0.25, -0.2) is 4.79 Å². The molecule has 0 aliphatic heterocycles. The molecule has 0 saturated heterocycles. The van der Waals surface area contributed by atoms with Gasteiger partial charge in [0.2, 0.25) is 6.41 Å². The monoisotopic (exact) mass is 171 g/mol. The molecule has 0 fully saturated rings. The van der Waals surface area contributed by atoms with E-state index in [0.29, 0.717) is 0 Å². The Morgan fingerprint density at radius 3 is 2.22 bits per heavy atom. The number of carboxylic acids is 1. The molecule has 0 aromatic rings. The van der Waals surface area contributed by atoms with Crippen LogP contribution < -0.4 is 5.32 Å². The Balaban J connectivity index is 4.00. The van der Waals surface area contributed by atoms with Crippen LogP contribution in [0.15, 0.2) is 0 Å². The lowest BCUT2D eigenvalue weighted by atomic mass is 10.6. The lowest BCUT2D eigenvalue weighted by Crippen LogP contribution is -2.40. The fourth-order valence-corrected chi connectivity index (χ4v) is 0.225. The standard InChI is InChI=1S/C3H3Cl2NO3/c4-3(5,2(8)9)6-1-7/h1H,(H,6,7)(H,8,9). The maximum absolute atomic E-state index is 9.93. The summed E-state index contributed by atoms with van der Waals surface area (Å²) in [6, 6.07) is 0. The maximum Gasteiger partial charge on any atom is 0.361 e. The van der Waals surface area contributed by atoms with E-state index < -0.39 is 10.4 Å². The summed E-state index contributed by atoms with van der Waals surface area (Å²) in [5.41, 5.74) is 0. The molecular weight excluding hydrogens is 169 g/mol. The third kappa shape index (κ3) is 2.53. The molecule has 0 unspecified atom stereocenters. The normalized spacial score (nSPS) is 10.4. The van der Waals surface area contributed by atoms with Gasteiger partial charge in [-0.3, -0.25) is 4.79 Å². The summed E-state index contributed by atoms with van der Waals surface area (Å²) >= 11 is 9.99. The van der Waals surface area contributed by atoms with Crippen molar-refractivity contribution < 1.29 is 14.7 Å². The molecule has 2 N–H and O–H groups in total. The molecule has 52 valence electrons. The maximum atomic E-state index is 9.93. The minimum Gasteiger partial charge on any atom is -0.478 e. The van der Waals surface area contributed by atoms with Crippen molar-refractivity contribution >= 4 is 35.6 Å². The summed E-state index contributed by atoms with van der Waals surface area (Å²) in [7, 11) is 0.